The highest BCUT2D eigenvalue weighted by molar-refractivity contribution is 6.31. The van der Waals surface area contributed by atoms with Gasteiger partial charge in [-0.15, -0.1) is 0 Å². The van der Waals surface area contributed by atoms with E-state index in [-0.39, 0.29) is 35.5 Å². The number of carboxylic acid groups (broad SMARTS) is 1. The third-order valence-electron chi connectivity index (χ3n) is 9.25. The Bertz CT molecular complexity index is 2040. The van der Waals surface area contributed by atoms with Gasteiger partial charge < -0.3 is 29.1 Å². The molecular formula is C35H33ClFN7O4. The monoisotopic (exact) mass is 669 g/mol. The zero-order chi connectivity index (χ0) is 33.5. The highest BCUT2D eigenvalue weighted by Gasteiger charge is 2.36. The summed E-state index contributed by atoms with van der Waals surface area (Å²) in [5.74, 6) is -0.956. The number of anilines is 2. The first kappa shape index (κ1) is 31.5. The summed E-state index contributed by atoms with van der Waals surface area (Å²) in [6.45, 7) is 2.32. The molecule has 4 aromatic heterocycles. The van der Waals surface area contributed by atoms with Gasteiger partial charge in [0.05, 0.1) is 29.1 Å². The largest absolute Gasteiger partial charge is 0.477 e. The Balaban J connectivity index is 1.29. The fourth-order valence-electron chi connectivity index (χ4n) is 6.48. The molecule has 5 aromatic rings. The predicted molar refractivity (Wildman–Crippen MR) is 181 cm³/mol. The van der Waals surface area contributed by atoms with Crippen molar-refractivity contribution in [1.29, 1.82) is 0 Å². The van der Waals surface area contributed by atoms with Crippen molar-refractivity contribution in [2.75, 3.05) is 50.1 Å². The standard InChI is InChI=1S/C35H33ClFN7O4/c1-41(2)25-17-42(18-25)32-8-7-23(15-40-32)44-19-27(35(46)47)33(45)26-12-29(37)31(13-30(26)44)43-16-22(21-5-3-9-38-14-21)11-24(43)20-48-34-28(36)6-4-10-39-34/h3-10,12-15,19,22,24-25H,11,16-18,20H2,1-2H3,(H,46,47)/t22-,24+/m0/s1. The predicted octanol–water partition coefficient (Wildman–Crippen LogP) is 4.86. The SMILES string of the molecule is CN(C)C1CN(c2ccc(-n3cc(C(=O)O)c(=O)c4cc(F)c(N5C[C@@H](c6cccnc6)C[C@@H]5COc5ncccc5Cl)cc43)cn2)C1. The molecule has 2 aliphatic heterocycles. The van der Waals surface area contributed by atoms with Crippen LogP contribution in [0.3, 0.4) is 0 Å². The Morgan fingerprint density at radius 1 is 1.08 bits per heavy atom. The van der Waals surface area contributed by atoms with Crippen LogP contribution in [0.4, 0.5) is 15.9 Å². The number of aromatic carboxylic acids is 1. The van der Waals surface area contributed by atoms with Crippen molar-refractivity contribution in [3.05, 3.63) is 112 Å². The minimum atomic E-state index is -1.40. The third-order valence-corrected chi connectivity index (χ3v) is 9.53. The summed E-state index contributed by atoms with van der Waals surface area (Å²) in [6, 6.07) is 13.8. The molecule has 0 spiro atoms. The van der Waals surface area contributed by atoms with E-state index in [4.69, 9.17) is 16.3 Å². The fourth-order valence-corrected chi connectivity index (χ4v) is 6.65. The fraction of sp³-hybridized carbons (Fsp3) is 0.286. The van der Waals surface area contributed by atoms with Crippen LogP contribution >= 0.6 is 11.6 Å². The van der Waals surface area contributed by atoms with Crippen LogP contribution in [0.1, 0.15) is 28.3 Å². The van der Waals surface area contributed by atoms with Gasteiger partial charge in [0.1, 0.15) is 28.8 Å². The van der Waals surface area contributed by atoms with Gasteiger partial charge in [0.25, 0.3) is 0 Å². The normalized spacial score (nSPS) is 18.0. The average Bonchev–Trinajstić information content (AvgIpc) is 3.48. The first-order chi connectivity index (χ1) is 23.2. The van der Waals surface area contributed by atoms with Gasteiger partial charge >= 0.3 is 5.97 Å². The van der Waals surface area contributed by atoms with Crippen LogP contribution in [-0.4, -0.2) is 87.9 Å². The number of hydrogen-bond donors (Lipinski definition) is 1. The summed E-state index contributed by atoms with van der Waals surface area (Å²) in [4.78, 5) is 44.9. The molecule has 0 amide bonds. The van der Waals surface area contributed by atoms with Crippen LogP contribution in [0.5, 0.6) is 5.88 Å². The van der Waals surface area contributed by atoms with E-state index in [1.54, 1.807) is 47.6 Å². The van der Waals surface area contributed by atoms with Crippen molar-refractivity contribution in [3.8, 4) is 11.6 Å². The number of benzene rings is 1. The molecule has 48 heavy (non-hydrogen) atoms. The van der Waals surface area contributed by atoms with E-state index < -0.39 is 22.8 Å². The molecular weight excluding hydrogens is 637 g/mol. The molecule has 0 saturated carbocycles. The summed E-state index contributed by atoms with van der Waals surface area (Å²) in [7, 11) is 4.09. The molecule has 0 bridgehead atoms. The van der Waals surface area contributed by atoms with Gasteiger partial charge in [-0.05, 0) is 68.5 Å². The topological polar surface area (TPSA) is 117 Å². The van der Waals surface area contributed by atoms with E-state index in [0.717, 1.165) is 30.5 Å². The number of aromatic nitrogens is 4. The van der Waals surface area contributed by atoms with E-state index in [9.17, 15) is 14.7 Å². The second kappa shape index (κ2) is 12.9. The van der Waals surface area contributed by atoms with Crippen LogP contribution in [0.25, 0.3) is 16.6 Å². The highest BCUT2D eigenvalue weighted by Crippen LogP contribution is 2.38. The van der Waals surface area contributed by atoms with Crippen molar-refractivity contribution in [1.82, 2.24) is 24.4 Å². The molecule has 1 aromatic carbocycles. The van der Waals surface area contributed by atoms with Crippen molar-refractivity contribution in [2.24, 2.45) is 0 Å². The summed E-state index contributed by atoms with van der Waals surface area (Å²) >= 11 is 6.31. The number of carboxylic acids is 1. The quantitative estimate of drug-likeness (QED) is 0.233. The van der Waals surface area contributed by atoms with Gasteiger partial charge in [0.2, 0.25) is 11.3 Å². The smallest absolute Gasteiger partial charge is 0.341 e. The van der Waals surface area contributed by atoms with E-state index in [2.05, 4.69) is 24.8 Å². The van der Waals surface area contributed by atoms with E-state index in [0.29, 0.717) is 35.2 Å². The Hall–Kier alpha value is -5.07. The first-order valence-electron chi connectivity index (χ1n) is 15.6. The molecule has 2 fully saturated rings. The molecule has 246 valence electrons. The summed E-state index contributed by atoms with van der Waals surface area (Å²) < 4.78 is 23.8. The molecule has 0 radical (unpaired) electrons. The molecule has 7 rings (SSSR count). The van der Waals surface area contributed by atoms with Crippen molar-refractivity contribution < 1.29 is 19.0 Å². The second-order valence-electron chi connectivity index (χ2n) is 12.4. The van der Waals surface area contributed by atoms with Crippen molar-refractivity contribution in [3.63, 3.8) is 0 Å². The number of rotatable bonds is 9. The Labute approximate surface area is 280 Å². The number of nitrogens with zero attached hydrogens (tertiary/aromatic N) is 7. The minimum absolute atomic E-state index is 0.0172. The second-order valence-corrected chi connectivity index (χ2v) is 12.8. The minimum Gasteiger partial charge on any atom is -0.477 e. The van der Waals surface area contributed by atoms with Crippen LogP contribution in [0, 0.1) is 5.82 Å². The van der Waals surface area contributed by atoms with Crippen molar-refractivity contribution >= 4 is 40.0 Å². The summed E-state index contributed by atoms with van der Waals surface area (Å²) in [5.41, 5.74) is 0.920. The number of ether oxygens (including phenoxy) is 1. The molecule has 13 heteroatoms. The number of fused-ring (bicyclic) bond motifs is 1. The van der Waals surface area contributed by atoms with Crippen LogP contribution in [0.2, 0.25) is 5.02 Å². The van der Waals surface area contributed by atoms with Gasteiger partial charge in [-0.1, -0.05) is 17.7 Å². The molecule has 11 nitrogen and oxygen atoms in total. The van der Waals surface area contributed by atoms with Crippen LogP contribution < -0.4 is 20.0 Å². The lowest BCUT2D eigenvalue weighted by atomic mass is 9.98. The van der Waals surface area contributed by atoms with Crippen LogP contribution in [0.15, 0.2) is 84.3 Å². The van der Waals surface area contributed by atoms with E-state index in [1.165, 1.54) is 6.20 Å². The lowest BCUT2D eigenvalue weighted by molar-refractivity contribution is 0.0695. The highest BCUT2D eigenvalue weighted by atomic mass is 35.5. The zero-order valence-electron chi connectivity index (χ0n) is 26.3. The Kier molecular flexibility index (Phi) is 8.44. The van der Waals surface area contributed by atoms with Crippen LogP contribution in [-0.2, 0) is 0 Å². The maximum Gasteiger partial charge on any atom is 0.341 e. The number of hydrogen-bond acceptors (Lipinski definition) is 9. The average molecular weight is 670 g/mol. The van der Waals surface area contributed by atoms with Gasteiger partial charge in [0, 0.05) is 61.8 Å². The number of likely N-dealkylation sites (N-methyl/N-ethyl adjacent to an activating group) is 1. The van der Waals surface area contributed by atoms with Gasteiger partial charge in [-0.3, -0.25) is 9.78 Å². The Morgan fingerprint density at radius 3 is 2.58 bits per heavy atom. The lowest BCUT2D eigenvalue weighted by Crippen LogP contribution is -2.57. The number of halogens is 2. The molecule has 2 saturated heterocycles. The first-order valence-corrected chi connectivity index (χ1v) is 16.0. The molecule has 0 unspecified atom stereocenters. The zero-order valence-corrected chi connectivity index (χ0v) is 27.1. The molecule has 2 aliphatic rings. The van der Waals surface area contributed by atoms with Gasteiger partial charge in [-0.25, -0.2) is 19.2 Å². The number of carbonyl (C=O) groups is 1. The maximum atomic E-state index is 16.2. The molecule has 1 N–H and O–H groups in total. The lowest BCUT2D eigenvalue weighted by Gasteiger charge is -2.43. The van der Waals surface area contributed by atoms with E-state index >= 15 is 4.39 Å². The summed E-state index contributed by atoms with van der Waals surface area (Å²) in [6.07, 6.45) is 8.65. The third kappa shape index (κ3) is 5.93. The summed E-state index contributed by atoms with van der Waals surface area (Å²) in [5, 5.41) is 10.2. The van der Waals surface area contributed by atoms with Gasteiger partial charge in [-0.2, -0.15) is 0 Å². The molecule has 6 heterocycles. The van der Waals surface area contributed by atoms with Gasteiger partial charge in [0.15, 0.2) is 0 Å². The Morgan fingerprint density at radius 2 is 1.90 bits per heavy atom. The number of pyridine rings is 4. The molecule has 2 atom stereocenters. The maximum absolute atomic E-state index is 16.2. The van der Waals surface area contributed by atoms with Crippen molar-refractivity contribution in [2.45, 2.75) is 24.4 Å². The van der Waals surface area contributed by atoms with E-state index in [1.807, 2.05) is 43.3 Å². The molecule has 0 aliphatic carbocycles.